The number of rotatable bonds is 10. The van der Waals surface area contributed by atoms with Gasteiger partial charge in [-0.15, -0.1) is 11.8 Å². The highest BCUT2D eigenvalue weighted by molar-refractivity contribution is 7.99. The molecule has 1 aliphatic heterocycles. The molecule has 0 spiro atoms. The number of carbonyl (C=O) groups is 1. The van der Waals surface area contributed by atoms with Gasteiger partial charge in [-0.2, -0.15) is 0 Å². The van der Waals surface area contributed by atoms with Gasteiger partial charge in [-0.25, -0.2) is 5.48 Å². The first kappa shape index (κ1) is 27.7. The number of hydroxylamine groups is 1. The highest BCUT2D eigenvalue weighted by Gasteiger charge is 2.41. The lowest BCUT2D eigenvalue weighted by Gasteiger charge is -2.40. The van der Waals surface area contributed by atoms with E-state index in [0.717, 1.165) is 30.8 Å². The van der Waals surface area contributed by atoms with E-state index in [4.69, 9.17) is 16.3 Å². The molecule has 198 valence electrons. The minimum absolute atomic E-state index is 0.326. The Morgan fingerprint density at radius 1 is 1.27 bits per heavy atom. The van der Waals surface area contributed by atoms with E-state index >= 15 is 0 Å². The second-order valence-corrected chi connectivity index (χ2v) is 11.3. The molecular weight excluding hydrogens is 510 g/mol. The molecule has 1 aromatic heterocycles. The van der Waals surface area contributed by atoms with Gasteiger partial charge in [0.15, 0.2) is 0 Å². The summed E-state index contributed by atoms with van der Waals surface area (Å²) in [6, 6.07) is 14.0. The number of amides is 1. The number of halogens is 1. The zero-order valence-corrected chi connectivity index (χ0v) is 22.8. The number of ether oxygens (including phenoxy) is 1. The van der Waals surface area contributed by atoms with Crippen LogP contribution in [-0.2, 0) is 4.79 Å². The third kappa shape index (κ3) is 6.56. The van der Waals surface area contributed by atoms with Crippen LogP contribution in [0.3, 0.4) is 0 Å². The molecule has 2 aromatic carbocycles. The predicted molar refractivity (Wildman–Crippen MR) is 147 cm³/mol. The largest absolute Gasteiger partial charge is 0.497 e. The zero-order chi connectivity index (χ0) is 26.4. The Labute approximate surface area is 227 Å². The number of pyridine rings is 1. The fourth-order valence-corrected chi connectivity index (χ4v) is 6.41. The first-order chi connectivity index (χ1) is 17.8. The van der Waals surface area contributed by atoms with Crippen molar-refractivity contribution in [2.75, 3.05) is 32.5 Å². The van der Waals surface area contributed by atoms with Gasteiger partial charge in [0.1, 0.15) is 5.75 Å². The smallest absolute Gasteiger partial charge is 0.249 e. The van der Waals surface area contributed by atoms with Crippen LogP contribution in [0.5, 0.6) is 5.75 Å². The Balaban J connectivity index is 1.40. The summed E-state index contributed by atoms with van der Waals surface area (Å²) in [6.45, 7) is 4.54. The second kappa shape index (κ2) is 12.5. The number of piperidine rings is 1. The lowest BCUT2D eigenvalue weighted by molar-refractivity contribution is -0.143. The number of aryl methyl sites for hydroxylation is 1. The van der Waals surface area contributed by atoms with Gasteiger partial charge in [0.25, 0.3) is 0 Å². The van der Waals surface area contributed by atoms with Crippen molar-refractivity contribution in [2.45, 2.75) is 43.6 Å². The highest BCUT2D eigenvalue weighted by Crippen LogP contribution is 2.41. The number of hydrogen-bond acceptors (Lipinski definition) is 7. The minimum atomic E-state index is -0.891. The number of carbonyl (C=O) groups excluding carboxylic acids is 1. The zero-order valence-electron chi connectivity index (χ0n) is 21.2. The molecule has 0 unspecified atom stereocenters. The summed E-state index contributed by atoms with van der Waals surface area (Å²) < 4.78 is 5.34. The number of aliphatic hydroxyl groups is 1. The minimum Gasteiger partial charge on any atom is -0.497 e. The average Bonchev–Trinajstić information content (AvgIpc) is 2.91. The van der Waals surface area contributed by atoms with E-state index in [1.54, 1.807) is 13.3 Å². The van der Waals surface area contributed by atoms with Crippen LogP contribution >= 0.6 is 23.4 Å². The monoisotopic (exact) mass is 543 g/mol. The SMILES string of the molecule is COc1ccc2ncc(Cl)c([C@H](O)CCC3(C(=O)NO)CCN(CCSc4cccc(C)c4)CC3)c2c1. The van der Waals surface area contributed by atoms with E-state index in [1.807, 2.05) is 35.4 Å². The molecule has 1 atom stereocenters. The lowest BCUT2D eigenvalue weighted by Crippen LogP contribution is -2.48. The number of hydrogen-bond donors (Lipinski definition) is 3. The third-order valence-electron chi connectivity index (χ3n) is 7.36. The molecule has 1 aliphatic rings. The van der Waals surface area contributed by atoms with Crippen molar-refractivity contribution in [1.29, 1.82) is 0 Å². The number of fused-ring (bicyclic) bond motifs is 1. The van der Waals surface area contributed by atoms with Gasteiger partial charge in [-0.1, -0.05) is 29.3 Å². The van der Waals surface area contributed by atoms with E-state index in [0.29, 0.717) is 47.5 Å². The van der Waals surface area contributed by atoms with Crippen molar-refractivity contribution < 1.29 is 19.8 Å². The summed E-state index contributed by atoms with van der Waals surface area (Å²) in [6.07, 6.45) is 2.62. The van der Waals surface area contributed by atoms with Crippen molar-refractivity contribution in [2.24, 2.45) is 5.41 Å². The summed E-state index contributed by atoms with van der Waals surface area (Å²) in [5, 5.41) is 21.8. The lowest BCUT2D eigenvalue weighted by atomic mass is 9.73. The van der Waals surface area contributed by atoms with Crippen LogP contribution in [0.25, 0.3) is 10.9 Å². The maximum Gasteiger partial charge on any atom is 0.249 e. The molecule has 4 rings (SSSR count). The number of benzene rings is 2. The Morgan fingerprint density at radius 3 is 2.76 bits per heavy atom. The van der Waals surface area contributed by atoms with Gasteiger partial charge in [0.05, 0.1) is 29.2 Å². The van der Waals surface area contributed by atoms with Gasteiger partial charge in [0, 0.05) is 34.3 Å². The number of nitrogens with one attached hydrogen (secondary N) is 1. The Bertz CT molecular complexity index is 1230. The van der Waals surface area contributed by atoms with E-state index in [2.05, 4.69) is 41.1 Å². The number of aromatic nitrogens is 1. The summed E-state index contributed by atoms with van der Waals surface area (Å²) in [7, 11) is 1.58. The molecule has 9 heteroatoms. The number of thioether (sulfide) groups is 1. The molecular formula is C28H34ClN3O4S. The Morgan fingerprint density at radius 2 is 2.05 bits per heavy atom. The summed E-state index contributed by atoms with van der Waals surface area (Å²) in [5.41, 5.74) is 3.68. The van der Waals surface area contributed by atoms with E-state index in [1.165, 1.54) is 10.5 Å². The molecule has 1 fully saturated rings. The first-order valence-electron chi connectivity index (χ1n) is 12.5. The fourth-order valence-electron chi connectivity index (χ4n) is 5.10. The molecule has 3 aromatic rings. The normalized spacial score (nSPS) is 16.5. The number of methoxy groups -OCH3 is 1. The van der Waals surface area contributed by atoms with Crippen molar-refractivity contribution in [3.63, 3.8) is 0 Å². The highest BCUT2D eigenvalue weighted by atomic mass is 35.5. The Hall–Kier alpha value is -2.36. The van der Waals surface area contributed by atoms with Crippen molar-refractivity contribution in [1.82, 2.24) is 15.4 Å². The van der Waals surface area contributed by atoms with Crippen molar-refractivity contribution in [3.05, 3.63) is 64.8 Å². The maximum atomic E-state index is 12.8. The van der Waals surface area contributed by atoms with Crippen LogP contribution in [-0.4, -0.2) is 58.6 Å². The summed E-state index contributed by atoms with van der Waals surface area (Å²) in [5.74, 6) is 1.23. The maximum absolute atomic E-state index is 12.8. The fraction of sp³-hybridized carbons (Fsp3) is 0.429. The van der Waals surface area contributed by atoms with Gasteiger partial charge in [-0.3, -0.25) is 15.0 Å². The van der Waals surface area contributed by atoms with E-state index in [9.17, 15) is 15.1 Å². The average molecular weight is 544 g/mol. The van der Waals surface area contributed by atoms with Crippen LogP contribution < -0.4 is 10.2 Å². The molecule has 0 saturated carbocycles. The Kier molecular flexibility index (Phi) is 9.31. The van der Waals surface area contributed by atoms with Crippen LogP contribution in [0.2, 0.25) is 5.02 Å². The topological polar surface area (TPSA) is 94.9 Å². The second-order valence-electron chi connectivity index (χ2n) is 9.69. The van der Waals surface area contributed by atoms with Gasteiger partial charge in [0.2, 0.25) is 5.91 Å². The summed E-state index contributed by atoms with van der Waals surface area (Å²) in [4.78, 5) is 20.8. The molecule has 3 N–H and O–H groups in total. The van der Waals surface area contributed by atoms with Gasteiger partial charge in [-0.05, 0) is 76.0 Å². The molecule has 1 amide bonds. The van der Waals surface area contributed by atoms with E-state index < -0.39 is 11.5 Å². The molecule has 1 saturated heterocycles. The molecule has 0 radical (unpaired) electrons. The molecule has 37 heavy (non-hydrogen) atoms. The quantitative estimate of drug-likeness (QED) is 0.179. The standard InChI is InChI=1S/C28H34ClN3O4S/c1-19-4-3-5-21(16-19)37-15-14-32-12-10-28(11-13-32,27(34)31-35)9-8-25(33)26-22-17-20(36-2)6-7-24(22)30-18-23(26)29/h3-7,16-18,25,33,35H,8-15H2,1-2H3,(H,31,34)/t25-/m1/s1. The summed E-state index contributed by atoms with van der Waals surface area (Å²) >= 11 is 8.30. The molecule has 0 bridgehead atoms. The number of likely N-dealkylation sites (tertiary alicyclic amines) is 1. The molecule has 0 aliphatic carbocycles. The first-order valence-corrected chi connectivity index (χ1v) is 13.9. The van der Waals surface area contributed by atoms with Crippen LogP contribution in [0.1, 0.15) is 42.9 Å². The van der Waals surface area contributed by atoms with Crippen LogP contribution in [0.4, 0.5) is 0 Å². The predicted octanol–water partition coefficient (Wildman–Crippen LogP) is 5.40. The van der Waals surface area contributed by atoms with Crippen molar-refractivity contribution >= 4 is 40.2 Å². The molecule has 2 heterocycles. The van der Waals surface area contributed by atoms with Gasteiger partial charge < -0.3 is 14.7 Å². The van der Waals surface area contributed by atoms with E-state index in [-0.39, 0.29) is 5.91 Å². The third-order valence-corrected chi connectivity index (χ3v) is 8.64. The number of aliphatic hydroxyl groups excluding tert-OH is 1. The molecule has 7 nitrogen and oxygen atoms in total. The van der Waals surface area contributed by atoms with Gasteiger partial charge >= 0.3 is 0 Å². The van der Waals surface area contributed by atoms with Crippen LogP contribution in [0, 0.1) is 12.3 Å². The number of nitrogens with zero attached hydrogens (tertiary/aromatic N) is 2. The van der Waals surface area contributed by atoms with Crippen LogP contribution in [0.15, 0.2) is 53.6 Å². The van der Waals surface area contributed by atoms with Crippen molar-refractivity contribution in [3.8, 4) is 5.75 Å².